The van der Waals surface area contributed by atoms with Crippen molar-refractivity contribution in [3.8, 4) is 0 Å². The Morgan fingerprint density at radius 1 is 1.50 bits per heavy atom. The van der Waals surface area contributed by atoms with Crippen molar-refractivity contribution in [2.45, 2.75) is 32.2 Å². The minimum Gasteiger partial charge on any atom is -0.355 e. The molecule has 22 heavy (non-hydrogen) atoms. The molecule has 2 aromatic heterocycles. The van der Waals surface area contributed by atoms with Crippen molar-refractivity contribution < 1.29 is 4.79 Å². The van der Waals surface area contributed by atoms with Crippen LogP contribution in [0.25, 0.3) is 0 Å². The highest BCUT2D eigenvalue weighted by Crippen LogP contribution is 2.17. The highest BCUT2D eigenvalue weighted by atomic mass is 32.1. The molecule has 1 N–H and O–H groups in total. The highest BCUT2D eigenvalue weighted by molar-refractivity contribution is 7.09. The molecule has 0 spiro atoms. The van der Waals surface area contributed by atoms with Crippen LogP contribution in [0, 0.1) is 6.92 Å². The summed E-state index contributed by atoms with van der Waals surface area (Å²) in [6, 6.07) is 6.11. The maximum Gasteiger partial charge on any atom is 0.226 e. The van der Waals surface area contributed by atoms with Crippen molar-refractivity contribution >= 4 is 23.1 Å². The van der Waals surface area contributed by atoms with E-state index in [1.165, 1.54) is 0 Å². The second-order valence-corrected chi connectivity index (χ2v) is 6.64. The summed E-state index contributed by atoms with van der Waals surface area (Å²) < 4.78 is 0. The largest absolute Gasteiger partial charge is 0.355 e. The van der Waals surface area contributed by atoms with Crippen LogP contribution in [0.5, 0.6) is 0 Å². The molecule has 1 atom stereocenters. The van der Waals surface area contributed by atoms with E-state index in [1.807, 2.05) is 36.7 Å². The van der Waals surface area contributed by atoms with Crippen LogP contribution in [-0.2, 0) is 11.2 Å². The number of rotatable bonds is 4. The summed E-state index contributed by atoms with van der Waals surface area (Å²) in [5.41, 5.74) is 0.859. The fraction of sp³-hybridized carbons (Fsp3) is 0.438. The lowest BCUT2D eigenvalue weighted by Crippen LogP contribution is -2.48. The van der Waals surface area contributed by atoms with Gasteiger partial charge in [-0.05, 0) is 31.9 Å². The summed E-state index contributed by atoms with van der Waals surface area (Å²) >= 11 is 1.58. The van der Waals surface area contributed by atoms with Crippen LogP contribution < -0.4 is 10.2 Å². The number of nitrogens with one attached hydrogen (secondary N) is 1. The van der Waals surface area contributed by atoms with Crippen LogP contribution in [0.15, 0.2) is 29.8 Å². The number of pyridine rings is 1. The monoisotopic (exact) mass is 316 g/mol. The molecule has 1 aliphatic rings. The van der Waals surface area contributed by atoms with Crippen LogP contribution >= 0.6 is 11.3 Å². The Labute approximate surface area is 134 Å². The van der Waals surface area contributed by atoms with Gasteiger partial charge >= 0.3 is 0 Å². The average Bonchev–Trinajstić information content (AvgIpc) is 2.93. The molecule has 0 unspecified atom stereocenters. The molecule has 0 saturated carbocycles. The van der Waals surface area contributed by atoms with Gasteiger partial charge in [0, 0.05) is 30.7 Å². The van der Waals surface area contributed by atoms with Gasteiger partial charge in [-0.25, -0.2) is 9.97 Å². The molecule has 1 saturated heterocycles. The van der Waals surface area contributed by atoms with Crippen LogP contribution in [0.4, 0.5) is 5.82 Å². The van der Waals surface area contributed by atoms with E-state index in [0.717, 1.165) is 42.5 Å². The number of aromatic nitrogens is 2. The smallest absolute Gasteiger partial charge is 0.226 e. The number of hydrogen-bond acceptors (Lipinski definition) is 5. The number of piperidine rings is 1. The van der Waals surface area contributed by atoms with E-state index >= 15 is 0 Å². The fourth-order valence-corrected chi connectivity index (χ4v) is 3.39. The molecule has 0 aromatic carbocycles. The molecule has 0 radical (unpaired) electrons. The lowest BCUT2D eigenvalue weighted by molar-refractivity contribution is -0.121. The molecule has 5 nitrogen and oxygen atoms in total. The van der Waals surface area contributed by atoms with Gasteiger partial charge in [-0.3, -0.25) is 4.79 Å². The molecule has 0 aliphatic carbocycles. The van der Waals surface area contributed by atoms with Gasteiger partial charge < -0.3 is 10.2 Å². The maximum absolute atomic E-state index is 12.2. The van der Waals surface area contributed by atoms with Crippen molar-refractivity contribution in [3.05, 3.63) is 40.5 Å². The van der Waals surface area contributed by atoms with Crippen molar-refractivity contribution in [2.24, 2.45) is 0 Å². The summed E-state index contributed by atoms with van der Waals surface area (Å²) in [7, 11) is 0. The van der Waals surface area contributed by atoms with Gasteiger partial charge in [0.2, 0.25) is 5.91 Å². The van der Waals surface area contributed by atoms with Crippen molar-refractivity contribution in [2.75, 3.05) is 18.0 Å². The Morgan fingerprint density at radius 2 is 2.41 bits per heavy atom. The molecule has 3 heterocycles. The fourth-order valence-electron chi connectivity index (χ4n) is 2.78. The van der Waals surface area contributed by atoms with Gasteiger partial charge in [0.25, 0.3) is 0 Å². The molecule has 1 amide bonds. The lowest BCUT2D eigenvalue weighted by atomic mass is 10.1. The molecular weight excluding hydrogens is 296 g/mol. The van der Waals surface area contributed by atoms with Gasteiger partial charge in [-0.1, -0.05) is 6.07 Å². The summed E-state index contributed by atoms with van der Waals surface area (Å²) in [5.74, 6) is 1.04. The standard InChI is InChI=1S/C16H20N4OS/c1-12-18-14(11-22-12)9-16(21)19-13-5-4-8-20(10-13)15-6-2-3-7-17-15/h2-3,6-7,11,13H,4-5,8-10H2,1H3,(H,19,21)/t13-/m0/s1. The van der Waals surface area contributed by atoms with E-state index in [-0.39, 0.29) is 11.9 Å². The van der Waals surface area contributed by atoms with Crippen LogP contribution in [0.1, 0.15) is 23.5 Å². The third-order valence-corrected chi connectivity index (χ3v) is 4.59. The van der Waals surface area contributed by atoms with Crippen molar-refractivity contribution in [1.82, 2.24) is 15.3 Å². The molecule has 1 fully saturated rings. The van der Waals surface area contributed by atoms with Crippen molar-refractivity contribution in [1.29, 1.82) is 0 Å². The second-order valence-electron chi connectivity index (χ2n) is 5.58. The normalized spacial score (nSPS) is 18.2. The van der Waals surface area contributed by atoms with Crippen molar-refractivity contribution in [3.63, 3.8) is 0 Å². The SMILES string of the molecule is Cc1nc(CC(=O)N[C@H]2CCCN(c3ccccn3)C2)cs1. The number of thiazole rings is 1. The number of hydrogen-bond donors (Lipinski definition) is 1. The molecular formula is C16H20N4OS. The number of carbonyl (C=O) groups excluding carboxylic acids is 1. The van der Waals surface area contributed by atoms with Crippen LogP contribution in [0.3, 0.4) is 0 Å². The number of amides is 1. The van der Waals surface area contributed by atoms with E-state index in [9.17, 15) is 4.79 Å². The first-order valence-electron chi connectivity index (χ1n) is 7.57. The Kier molecular flexibility index (Phi) is 4.68. The van der Waals surface area contributed by atoms with Crippen LogP contribution in [0.2, 0.25) is 0 Å². The maximum atomic E-state index is 12.2. The van der Waals surface area contributed by atoms with Crippen LogP contribution in [-0.4, -0.2) is 35.0 Å². The average molecular weight is 316 g/mol. The molecule has 6 heteroatoms. The molecule has 3 rings (SSSR count). The zero-order valence-corrected chi connectivity index (χ0v) is 13.5. The molecule has 116 valence electrons. The minimum absolute atomic E-state index is 0.0539. The van der Waals surface area contributed by atoms with E-state index in [2.05, 4.69) is 20.2 Å². The zero-order valence-electron chi connectivity index (χ0n) is 12.7. The topological polar surface area (TPSA) is 58.1 Å². The Balaban J connectivity index is 1.55. The molecule has 1 aliphatic heterocycles. The second kappa shape index (κ2) is 6.87. The predicted molar refractivity (Wildman–Crippen MR) is 88.2 cm³/mol. The summed E-state index contributed by atoms with van der Waals surface area (Å²) in [4.78, 5) is 23.1. The summed E-state index contributed by atoms with van der Waals surface area (Å²) in [6.45, 7) is 3.77. The minimum atomic E-state index is 0.0539. The Hall–Kier alpha value is -1.95. The summed E-state index contributed by atoms with van der Waals surface area (Å²) in [6.07, 6.45) is 4.26. The lowest BCUT2D eigenvalue weighted by Gasteiger charge is -2.33. The number of carbonyl (C=O) groups is 1. The van der Waals surface area contributed by atoms with Gasteiger partial charge in [-0.2, -0.15) is 0 Å². The number of nitrogens with zero attached hydrogens (tertiary/aromatic N) is 3. The Bertz CT molecular complexity index is 628. The highest BCUT2D eigenvalue weighted by Gasteiger charge is 2.22. The van der Waals surface area contributed by atoms with E-state index in [0.29, 0.717) is 6.42 Å². The van der Waals surface area contributed by atoms with Gasteiger partial charge in [0.05, 0.1) is 17.1 Å². The quantitative estimate of drug-likeness (QED) is 0.939. The van der Waals surface area contributed by atoms with E-state index in [4.69, 9.17) is 0 Å². The van der Waals surface area contributed by atoms with Gasteiger partial charge in [-0.15, -0.1) is 11.3 Å². The zero-order chi connectivity index (χ0) is 15.4. The summed E-state index contributed by atoms with van der Waals surface area (Å²) in [5, 5.41) is 6.09. The number of aryl methyl sites for hydroxylation is 1. The van der Waals surface area contributed by atoms with Gasteiger partial charge in [0.15, 0.2) is 0 Å². The first-order chi connectivity index (χ1) is 10.7. The Morgan fingerprint density at radius 3 is 3.14 bits per heavy atom. The molecule has 2 aromatic rings. The molecule has 0 bridgehead atoms. The van der Waals surface area contributed by atoms with E-state index < -0.39 is 0 Å². The van der Waals surface area contributed by atoms with Gasteiger partial charge in [0.1, 0.15) is 5.82 Å². The first-order valence-corrected chi connectivity index (χ1v) is 8.45. The first kappa shape index (κ1) is 15.0. The third kappa shape index (κ3) is 3.82. The third-order valence-electron chi connectivity index (χ3n) is 3.77. The van der Waals surface area contributed by atoms with E-state index in [1.54, 1.807) is 11.3 Å². The number of anilines is 1. The predicted octanol–water partition coefficient (Wildman–Crippen LogP) is 2.17.